The van der Waals surface area contributed by atoms with Gasteiger partial charge in [-0.2, -0.15) is 0 Å². The maximum atomic E-state index is 13.4. The number of hydrogen-bond donors (Lipinski definition) is 2. The lowest BCUT2D eigenvalue weighted by Crippen LogP contribution is -2.42. The second-order valence-corrected chi connectivity index (χ2v) is 6.35. The van der Waals surface area contributed by atoms with E-state index in [4.69, 9.17) is 0 Å². The van der Waals surface area contributed by atoms with Crippen molar-refractivity contribution in [2.45, 2.75) is 24.2 Å². The predicted octanol–water partition coefficient (Wildman–Crippen LogP) is 3.26. The van der Waals surface area contributed by atoms with Crippen LogP contribution in [-0.4, -0.2) is 17.6 Å². The Bertz CT molecular complexity index is 694. The summed E-state index contributed by atoms with van der Waals surface area (Å²) in [5, 5.41) is 0. The van der Waals surface area contributed by atoms with E-state index in [1.54, 1.807) is 18.2 Å². The quantitative estimate of drug-likeness (QED) is 0.623. The molecule has 0 spiro atoms. The van der Waals surface area contributed by atoms with E-state index in [-0.39, 0.29) is 35.7 Å². The molecule has 0 aliphatic rings. The summed E-state index contributed by atoms with van der Waals surface area (Å²) in [5.74, 6) is -0.943. The van der Waals surface area contributed by atoms with E-state index >= 15 is 0 Å². The van der Waals surface area contributed by atoms with E-state index in [2.05, 4.69) is 10.9 Å². The van der Waals surface area contributed by atoms with Gasteiger partial charge in [-0.05, 0) is 23.6 Å². The molecular weight excluding hydrogens is 327 g/mol. The van der Waals surface area contributed by atoms with Crippen molar-refractivity contribution in [1.82, 2.24) is 10.9 Å². The number of rotatable bonds is 6. The van der Waals surface area contributed by atoms with Gasteiger partial charge in [0.2, 0.25) is 11.8 Å². The summed E-state index contributed by atoms with van der Waals surface area (Å²) < 4.78 is 13.4. The lowest BCUT2D eigenvalue weighted by Gasteiger charge is -2.12. The lowest BCUT2D eigenvalue weighted by molar-refractivity contribution is -0.127. The van der Waals surface area contributed by atoms with Crippen LogP contribution in [0.3, 0.4) is 0 Å². The summed E-state index contributed by atoms with van der Waals surface area (Å²) in [4.78, 5) is 24.0. The number of hydrazine groups is 1. The third-order valence-corrected chi connectivity index (χ3v) is 4.45. The Kier molecular flexibility index (Phi) is 6.81. The monoisotopic (exact) mass is 346 g/mol. The van der Waals surface area contributed by atoms with Crippen molar-refractivity contribution >= 4 is 23.6 Å². The van der Waals surface area contributed by atoms with E-state index in [1.807, 2.05) is 37.3 Å². The highest BCUT2D eigenvalue weighted by Crippen LogP contribution is 2.20. The fraction of sp³-hybridized carbons (Fsp3) is 0.222. The molecule has 0 aromatic heterocycles. The molecule has 0 fully saturated rings. The van der Waals surface area contributed by atoms with Crippen LogP contribution in [0.15, 0.2) is 59.5 Å². The summed E-state index contributed by atoms with van der Waals surface area (Å²) in [7, 11) is 0. The molecule has 2 aromatic carbocycles. The van der Waals surface area contributed by atoms with Crippen LogP contribution in [0.5, 0.6) is 0 Å². The number of thioether (sulfide) groups is 1. The molecule has 0 radical (unpaired) electrons. The van der Waals surface area contributed by atoms with Crippen molar-refractivity contribution in [3.63, 3.8) is 0 Å². The number of benzene rings is 2. The molecule has 4 nitrogen and oxygen atoms in total. The standard InChI is InChI=1S/C18H19FN2O2S/c1-13(14-7-3-2-4-8-14)11-17(22)20-21-18(23)12-24-16-10-6-5-9-15(16)19/h2-10,13H,11-12H2,1H3,(H,20,22)(H,21,23)/t13-/m0/s1. The van der Waals surface area contributed by atoms with Gasteiger partial charge in [-0.1, -0.05) is 49.4 Å². The Labute approximate surface area is 144 Å². The van der Waals surface area contributed by atoms with E-state index < -0.39 is 0 Å². The molecule has 0 bridgehead atoms. The summed E-state index contributed by atoms with van der Waals surface area (Å²) in [6, 6.07) is 15.9. The van der Waals surface area contributed by atoms with Gasteiger partial charge in [-0.25, -0.2) is 4.39 Å². The maximum Gasteiger partial charge on any atom is 0.248 e. The number of carbonyl (C=O) groups is 2. The van der Waals surface area contributed by atoms with Gasteiger partial charge in [0.25, 0.3) is 0 Å². The smallest absolute Gasteiger partial charge is 0.248 e. The van der Waals surface area contributed by atoms with Crippen molar-refractivity contribution in [1.29, 1.82) is 0 Å². The third kappa shape index (κ3) is 5.70. The fourth-order valence-electron chi connectivity index (χ4n) is 2.11. The lowest BCUT2D eigenvalue weighted by atomic mass is 9.98. The molecule has 0 saturated carbocycles. The van der Waals surface area contributed by atoms with Crippen molar-refractivity contribution in [2.75, 3.05) is 5.75 Å². The van der Waals surface area contributed by atoms with Gasteiger partial charge in [0.1, 0.15) is 5.82 Å². The average molecular weight is 346 g/mol. The van der Waals surface area contributed by atoms with Crippen molar-refractivity contribution < 1.29 is 14.0 Å². The van der Waals surface area contributed by atoms with Crippen LogP contribution in [0.25, 0.3) is 0 Å². The minimum absolute atomic E-state index is 0.0233. The molecule has 6 heteroatoms. The number of halogens is 1. The highest BCUT2D eigenvalue weighted by Gasteiger charge is 2.12. The van der Waals surface area contributed by atoms with Crippen LogP contribution >= 0.6 is 11.8 Å². The SMILES string of the molecule is C[C@@H](CC(=O)NNC(=O)CSc1ccccc1F)c1ccccc1. The number of hydrogen-bond acceptors (Lipinski definition) is 3. The summed E-state index contributed by atoms with van der Waals surface area (Å²) >= 11 is 1.08. The topological polar surface area (TPSA) is 58.2 Å². The van der Waals surface area contributed by atoms with Gasteiger partial charge < -0.3 is 0 Å². The Morgan fingerprint density at radius 2 is 1.62 bits per heavy atom. The van der Waals surface area contributed by atoms with Crippen LogP contribution in [-0.2, 0) is 9.59 Å². The summed E-state index contributed by atoms with van der Waals surface area (Å²) in [5.41, 5.74) is 5.80. The molecule has 0 saturated heterocycles. The highest BCUT2D eigenvalue weighted by molar-refractivity contribution is 8.00. The van der Waals surface area contributed by atoms with Crippen molar-refractivity contribution in [2.24, 2.45) is 0 Å². The third-order valence-electron chi connectivity index (χ3n) is 3.40. The molecule has 0 unspecified atom stereocenters. The molecule has 126 valence electrons. The Hall–Kier alpha value is -2.34. The number of nitrogens with one attached hydrogen (secondary N) is 2. The number of amides is 2. The molecule has 24 heavy (non-hydrogen) atoms. The van der Waals surface area contributed by atoms with Gasteiger partial charge in [0, 0.05) is 11.3 Å². The molecule has 0 aliphatic carbocycles. The Balaban J connectivity index is 1.71. The van der Waals surface area contributed by atoms with Gasteiger partial charge in [0.05, 0.1) is 5.75 Å². The summed E-state index contributed by atoms with van der Waals surface area (Å²) in [6.45, 7) is 1.95. The molecule has 2 amide bonds. The molecule has 0 aliphatic heterocycles. The van der Waals surface area contributed by atoms with E-state index in [0.29, 0.717) is 4.90 Å². The first-order valence-electron chi connectivity index (χ1n) is 7.56. The molecule has 2 N–H and O–H groups in total. The molecule has 2 rings (SSSR count). The first kappa shape index (κ1) is 18.0. The minimum atomic E-state index is -0.385. The molecular formula is C18H19FN2O2S. The van der Waals surface area contributed by atoms with Crippen LogP contribution < -0.4 is 10.9 Å². The fourth-order valence-corrected chi connectivity index (χ4v) is 2.85. The zero-order valence-corrected chi connectivity index (χ0v) is 14.1. The second kappa shape index (κ2) is 9.08. The predicted molar refractivity (Wildman–Crippen MR) is 92.9 cm³/mol. The van der Waals surface area contributed by atoms with E-state index in [1.165, 1.54) is 6.07 Å². The Morgan fingerprint density at radius 1 is 1.00 bits per heavy atom. The minimum Gasteiger partial charge on any atom is -0.273 e. The summed E-state index contributed by atoms with van der Waals surface area (Å²) in [6.07, 6.45) is 0.269. The number of carbonyl (C=O) groups excluding carboxylic acids is 2. The maximum absolute atomic E-state index is 13.4. The molecule has 0 heterocycles. The largest absolute Gasteiger partial charge is 0.273 e. The zero-order valence-electron chi connectivity index (χ0n) is 13.3. The van der Waals surface area contributed by atoms with Crippen molar-refractivity contribution in [3.05, 3.63) is 66.0 Å². The van der Waals surface area contributed by atoms with E-state index in [0.717, 1.165) is 17.3 Å². The Morgan fingerprint density at radius 3 is 2.33 bits per heavy atom. The van der Waals surface area contributed by atoms with Gasteiger partial charge in [-0.15, -0.1) is 11.8 Å². The van der Waals surface area contributed by atoms with E-state index in [9.17, 15) is 14.0 Å². The first-order valence-corrected chi connectivity index (χ1v) is 8.55. The normalized spacial score (nSPS) is 11.6. The zero-order chi connectivity index (χ0) is 17.4. The first-order chi connectivity index (χ1) is 11.6. The van der Waals surface area contributed by atoms with Crippen LogP contribution in [0.1, 0.15) is 24.8 Å². The highest BCUT2D eigenvalue weighted by atomic mass is 32.2. The van der Waals surface area contributed by atoms with Crippen molar-refractivity contribution in [3.8, 4) is 0 Å². The molecule has 2 aromatic rings. The molecule has 1 atom stereocenters. The van der Waals surface area contributed by atoms with Gasteiger partial charge in [-0.3, -0.25) is 20.4 Å². The van der Waals surface area contributed by atoms with Crippen LogP contribution in [0.2, 0.25) is 0 Å². The van der Waals surface area contributed by atoms with Gasteiger partial charge >= 0.3 is 0 Å². The average Bonchev–Trinajstić information content (AvgIpc) is 2.60. The van der Waals surface area contributed by atoms with Crippen LogP contribution in [0, 0.1) is 5.82 Å². The van der Waals surface area contributed by atoms with Gasteiger partial charge in [0.15, 0.2) is 0 Å². The second-order valence-electron chi connectivity index (χ2n) is 5.33. The van der Waals surface area contributed by atoms with Crippen LogP contribution in [0.4, 0.5) is 4.39 Å².